The van der Waals surface area contributed by atoms with Crippen molar-refractivity contribution in [3.8, 4) is 0 Å². The first-order valence-electron chi connectivity index (χ1n) is 7.31. The number of nitrogens with one attached hydrogen (secondary N) is 2. The van der Waals surface area contributed by atoms with E-state index in [0.717, 1.165) is 6.26 Å². The number of sulfone groups is 1. The number of thiocarbonyl (C=S) groups is 1. The molecule has 0 saturated carbocycles. The van der Waals surface area contributed by atoms with Gasteiger partial charge < -0.3 is 10.1 Å². The Kier molecular flexibility index (Phi) is 6.06. The monoisotopic (exact) mass is 392 g/mol. The van der Waals surface area contributed by atoms with Crippen LogP contribution in [0.5, 0.6) is 0 Å². The first-order chi connectivity index (χ1) is 12.2. The fraction of sp³-hybridized carbons (Fsp3) is 0.118. The molecule has 2 N–H and O–H groups in total. The van der Waals surface area contributed by atoms with Crippen LogP contribution in [0.4, 0.5) is 5.69 Å². The number of benzene rings is 2. The number of methoxy groups -OCH3 is 1. The Bertz CT molecular complexity index is 936. The van der Waals surface area contributed by atoms with Crippen LogP contribution in [0.3, 0.4) is 0 Å². The van der Waals surface area contributed by atoms with Gasteiger partial charge in [-0.25, -0.2) is 13.2 Å². The minimum atomic E-state index is -3.28. The summed E-state index contributed by atoms with van der Waals surface area (Å²) in [5, 5.41) is 5.34. The van der Waals surface area contributed by atoms with E-state index in [1.807, 2.05) is 0 Å². The summed E-state index contributed by atoms with van der Waals surface area (Å²) >= 11 is 5.07. The third-order valence-electron chi connectivity index (χ3n) is 3.34. The smallest absolute Gasteiger partial charge is 0.337 e. The highest BCUT2D eigenvalue weighted by atomic mass is 32.2. The molecule has 0 fully saturated rings. The van der Waals surface area contributed by atoms with Gasteiger partial charge in [0.2, 0.25) is 0 Å². The van der Waals surface area contributed by atoms with Crippen LogP contribution in [-0.4, -0.2) is 38.8 Å². The van der Waals surface area contributed by atoms with Crippen molar-refractivity contribution < 1.29 is 22.7 Å². The van der Waals surface area contributed by atoms with Crippen LogP contribution in [0, 0.1) is 0 Å². The summed E-state index contributed by atoms with van der Waals surface area (Å²) in [4.78, 5) is 23.7. The number of amides is 1. The molecule has 2 aromatic carbocycles. The highest BCUT2D eigenvalue weighted by Gasteiger charge is 2.11. The highest BCUT2D eigenvalue weighted by Crippen LogP contribution is 2.14. The molecule has 0 spiro atoms. The topological polar surface area (TPSA) is 102 Å². The zero-order valence-electron chi connectivity index (χ0n) is 14.0. The molecule has 136 valence electrons. The average molecular weight is 392 g/mol. The van der Waals surface area contributed by atoms with Gasteiger partial charge in [0, 0.05) is 17.5 Å². The van der Waals surface area contributed by atoms with E-state index in [1.54, 1.807) is 12.1 Å². The second-order valence-electron chi connectivity index (χ2n) is 5.27. The first kappa shape index (κ1) is 19.5. The predicted molar refractivity (Wildman–Crippen MR) is 101 cm³/mol. The van der Waals surface area contributed by atoms with E-state index in [-0.39, 0.29) is 10.0 Å². The molecular formula is C17H16N2O5S2. The molecule has 2 rings (SSSR count). The van der Waals surface area contributed by atoms with Crippen molar-refractivity contribution in [2.24, 2.45) is 0 Å². The predicted octanol–water partition coefficient (Wildman–Crippen LogP) is 2.00. The number of carbonyl (C=O) groups excluding carboxylic acids is 2. The molecular weight excluding hydrogens is 376 g/mol. The molecule has 0 aliphatic rings. The van der Waals surface area contributed by atoms with Crippen molar-refractivity contribution >= 4 is 44.7 Å². The second-order valence-corrected chi connectivity index (χ2v) is 7.70. The molecule has 0 unspecified atom stereocenters. The van der Waals surface area contributed by atoms with Crippen molar-refractivity contribution in [3.05, 3.63) is 59.7 Å². The Morgan fingerprint density at radius 3 is 2.00 bits per heavy atom. The van der Waals surface area contributed by atoms with Gasteiger partial charge in [-0.15, -0.1) is 0 Å². The number of anilines is 1. The summed E-state index contributed by atoms with van der Waals surface area (Å²) in [6.45, 7) is 0. The van der Waals surface area contributed by atoms with Crippen molar-refractivity contribution in [3.63, 3.8) is 0 Å². The minimum absolute atomic E-state index is 0.0548. The van der Waals surface area contributed by atoms with Crippen LogP contribution in [0.25, 0.3) is 0 Å². The summed E-state index contributed by atoms with van der Waals surface area (Å²) in [6.07, 6.45) is 1.12. The maximum atomic E-state index is 12.1. The number of rotatable bonds is 4. The molecule has 0 aliphatic heterocycles. The van der Waals surface area contributed by atoms with Crippen LogP contribution in [0.1, 0.15) is 20.7 Å². The molecule has 1 amide bonds. The summed E-state index contributed by atoms with van der Waals surface area (Å²) in [5.41, 5.74) is 1.17. The van der Waals surface area contributed by atoms with Gasteiger partial charge in [-0.05, 0) is 60.7 Å². The van der Waals surface area contributed by atoms with Crippen LogP contribution >= 0.6 is 12.2 Å². The molecule has 0 radical (unpaired) electrons. The van der Waals surface area contributed by atoms with Gasteiger partial charge in [-0.2, -0.15) is 0 Å². The molecule has 7 nitrogen and oxygen atoms in total. The molecule has 0 aromatic heterocycles. The Balaban J connectivity index is 1.99. The lowest BCUT2D eigenvalue weighted by Gasteiger charge is -2.10. The van der Waals surface area contributed by atoms with Gasteiger partial charge >= 0.3 is 5.97 Å². The minimum Gasteiger partial charge on any atom is -0.465 e. The van der Waals surface area contributed by atoms with Crippen molar-refractivity contribution in [1.29, 1.82) is 0 Å². The zero-order valence-corrected chi connectivity index (χ0v) is 15.6. The van der Waals surface area contributed by atoms with Crippen molar-refractivity contribution in [2.45, 2.75) is 4.90 Å². The number of hydrogen-bond donors (Lipinski definition) is 2. The lowest BCUT2D eigenvalue weighted by Crippen LogP contribution is -2.34. The zero-order chi connectivity index (χ0) is 19.3. The highest BCUT2D eigenvalue weighted by molar-refractivity contribution is 7.90. The fourth-order valence-corrected chi connectivity index (χ4v) is 2.84. The fourth-order valence-electron chi connectivity index (χ4n) is 2.00. The van der Waals surface area contributed by atoms with Gasteiger partial charge in [0.25, 0.3) is 5.91 Å². The number of ether oxygens (including phenoxy) is 1. The van der Waals surface area contributed by atoms with E-state index < -0.39 is 21.7 Å². The Labute approximate surface area is 156 Å². The van der Waals surface area contributed by atoms with Crippen LogP contribution in [-0.2, 0) is 14.6 Å². The number of esters is 1. The van der Waals surface area contributed by atoms with E-state index in [2.05, 4.69) is 15.4 Å². The average Bonchev–Trinajstić information content (AvgIpc) is 2.60. The maximum Gasteiger partial charge on any atom is 0.337 e. The summed E-state index contributed by atoms with van der Waals surface area (Å²) in [6, 6.07) is 11.9. The Hall–Kier alpha value is -2.78. The molecule has 0 atom stereocenters. The van der Waals surface area contributed by atoms with Gasteiger partial charge in [0.15, 0.2) is 14.9 Å². The van der Waals surface area contributed by atoms with E-state index in [4.69, 9.17) is 12.2 Å². The third kappa shape index (κ3) is 5.11. The molecule has 9 heteroatoms. The third-order valence-corrected chi connectivity index (χ3v) is 4.67. The lowest BCUT2D eigenvalue weighted by molar-refractivity contribution is 0.0600. The molecule has 0 heterocycles. The standard InChI is InChI=1S/C17H16N2O5S2/c1-24-16(21)12-5-3-11(4-6-12)15(20)19-17(25)18-13-7-9-14(10-8-13)26(2,22)23/h3-10H,1-2H3,(H2,18,19,20,25). The van der Waals surface area contributed by atoms with E-state index in [0.29, 0.717) is 16.8 Å². The number of carbonyl (C=O) groups is 2. The summed E-state index contributed by atoms with van der Waals surface area (Å²) in [5.74, 6) is -0.946. The van der Waals surface area contributed by atoms with Gasteiger partial charge in [-0.3, -0.25) is 10.1 Å². The maximum absolute atomic E-state index is 12.1. The van der Waals surface area contributed by atoms with Gasteiger partial charge in [0.1, 0.15) is 0 Å². The lowest BCUT2D eigenvalue weighted by atomic mass is 10.1. The van der Waals surface area contributed by atoms with E-state index >= 15 is 0 Å². The normalized spacial score (nSPS) is 10.7. The van der Waals surface area contributed by atoms with Crippen LogP contribution in [0.15, 0.2) is 53.4 Å². The Morgan fingerprint density at radius 2 is 1.50 bits per heavy atom. The summed E-state index contributed by atoms with van der Waals surface area (Å²) in [7, 11) is -2.00. The van der Waals surface area contributed by atoms with Crippen molar-refractivity contribution in [2.75, 3.05) is 18.7 Å². The largest absolute Gasteiger partial charge is 0.465 e. The van der Waals surface area contributed by atoms with E-state index in [9.17, 15) is 18.0 Å². The second kappa shape index (κ2) is 8.07. The van der Waals surface area contributed by atoms with Gasteiger partial charge in [-0.1, -0.05) is 0 Å². The van der Waals surface area contributed by atoms with Crippen LogP contribution < -0.4 is 10.6 Å². The molecule has 0 bridgehead atoms. The summed E-state index contributed by atoms with van der Waals surface area (Å²) < 4.78 is 27.4. The van der Waals surface area contributed by atoms with Crippen LogP contribution in [0.2, 0.25) is 0 Å². The van der Waals surface area contributed by atoms with Crippen molar-refractivity contribution in [1.82, 2.24) is 5.32 Å². The SMILES string of the molecule is COC(=O)c1ccc(C(=O)NC(=S)Nc2ccc(S(C)(=O)=O)cc2)cc1. The molecule has 26 heavy (non-hydrogen) atoms. The molecule has 0 saturated heterocycles. The Morgan fingerprint density at radius 1 is 0.962 bits per heavy atom. The van der Waals surface area contributed by atoms with Gasteiger partial charge in [0.05, 0.1) is 17.6 Å². The quantitative estimate of drug-likeness (QED) is 0.606. The first-order valence-corrected chi connectivity index (χ1v) is 9.61. The number of hydrogen-bond acceptors (Lipinski definition) is 6. The van der Waals surface area contributed by atoms with E-state index in [1.165, 1.54) is 43.5 Å². The molecule has 2 aromatic rings. The molecule has 0 aliphatic carbocycles.